The number of hydrogen-bond acceptors (Lipinski definition) is 4. The summed E-state index contributed by atoms with van der Waals surface area (Å²) in [4.78, 5) is 2.25. The van der Waals surface area contributed by atoms with E-state index >= 15 is 0 Å². The third-order valence-electron chi connectivity index (χ3n) is 3.69. The highest BCUT2D eigenvalue weighted by atomic mass is 16.5. The first-order valence-electron chi connectivity index (χ1n) is 6.21. The number of likely N-dealkylation sites (tertiary alicyclic amines) is 1. The van der Waals surface area contributed by atoms with E-state index in [1.165, 1.54) is 5.56 Å². The SMILES string of the molecule is COc1ccc(C2CN(C)CC2CO)cc1OC. The molecule has 0 spiro atoms. The lowest BCUT2D eigenvalue weighted by molar-refractivity contribution is 0.219. The third kappa shape index (κ3) is 2.44. The zero-order chi connectivity index (χ0) is 13.1. The lowest BCUT2D eigenvalue weighted by Gasteiger charge is -2.18. The fraction of sp³-hybridized carbons (Fsp3) is 0.571. The summed E-state index contributed by atoms with van der Waals surface area (Å²) in [5.41, 5.74) is 1.20. The number of hydrogen-bond donors (Lipinski definition) is 1. The van der Waals surface area contributed by atoms with Crippen LogP contribution in [0, 0.1) is 5.92 Å². The zero-order valence-corrected chi connectivity index (χ0v) is 11.2. The summed E-state index contributed by atoms with van der Waals surface area (Å²) in [6.45, 7) is 2.14. The van der Waals surface area contributed by atoms with Gasteiger partial charge in [-0.05, 0) is 24.7 Å². The van der Waals surface area contributed by atoms with Crippen LogP contribution in [0.5, 0.6) is 11.5 Å². The molecule has 1 fully saturated rings. The molecule has 1 aliphatic rings. The molecule has 1 N–H and O–H groups in total. The molecule has 1 saturated heterocycles. The molecule has 2 unspecified atom stereocenters. The summed E-state index contributed by atoms with van der Waals surface area (Å²) in [7, 11) is 5.37. The fourth-order valence-corrected chi connectivity index (χ4v) is 2.73. The third-order valence-corrected chi connectivity index (χ3v) is 3.69. The van der Waals surface area contributed by atoms with Gasteiger partial charge in [0.2, 0.25) is 0 Å². The molecule has 0 aromatic heterocycles. The van der Waals surface area contributed by atoms with Gasteiger partial charge in [0, 0.05) is 31.5 Å². The molecule has 0 aliphatic carbocycles. The Balaban J connectivity index is 2.27. The van der Waals surface area contributed by atoms with E-state index in [0.29, 0.717) is 11.8 Å². The lowest BCUT2D eigenvalue weighted by Crippen LogP contribution is -2.15. The van der Waals surface area contributed by atoms with Gasteiger partial charge in [0.1, 0.15) is 0 Å². The van der Waals surface area contributed by atoms with Gasteiger partial charge in [0.05, 0.1) is 14.2 Å². The highest BCUT2D eigenvalue weighted by Gasteiger charge is 2.31. The van der Waals surface area contributed by atoms with Crippen molar-refractivity contribution in [3.63, 3.8) is 0 Å². The molecule has 1 aliphatic heterocycles. The normalized spacial score (nSPS) is 24.2. The number of aliphatic hydroxyl groups excluding tert-OH is 1. The van der Waals surface area contributed by atoms with Gasteiger partial charge in [0.25, 0.3) is 0 Å². The smallest absolute Gasteiger partial charge is 0.160 e. The van der Waals surface area contributed by atoms with Gasteiger partial charge in [-0.1, -0.05) is 6.07 Å². The van der Waals surface area contributed by atoms with E-state index in [9.17, 15) is 5.11 Å². The van der Waals surface area contributed by atoms with E-state index < -0.39 is 0 Å². The van der Waals surface area contributed by atoms with Crippen LogP contribution in [-0.2, 0) is 0 Å². The van der Waals surface area contributed by atoms with Crippen LogP contribution >= 0.6 is 0 Å². The van der Waals surface area contributed by atoms with E-state index in [2.05, 4.69) is 18.0 Å². The number of likely N-dealkylation sites (N-methyl/N-ethyl adjacent to an activating group) is 1. The molecule has 100 valence electrons. The van der Waals surface area contributed by atoms with Crippen LogP contribution in [-0.4, -0.2) is 51.0 Å². The summed E-state index contributed by atoms with van der Waals surface area (Å²) in [5.74, 6) is 2.15. The lowest BCUT2D eigenvalue weighted by atomic mass is 9.89. The van der Waals surface area contributed by atoms with Crippen LogP contribution in [0.15, 0.2) is 18.2 Å². The van der Waals surface area contributed by atoms with Gasteiger partial charge in [0.15, 0.2) is 11.5 Å². The number of methoxy groups -OCH3 is 2. The maximum Gasteiger partial charge on any atom is 0.160 e. The van der Waals surface area contributed by atoms with Gasteiger partial charge in [-0.2, -0.15) is 0 Å². The molecule has 4 heteroatoms. The van der Waals surface area contributed by atoms with Crippen molar-refractivity contribution in [1.29, 1.82) is 0 Å². The molecule has 1 aromatic carbocycles. The zero-order valence-electron chi connectivity index (χ0n) is 11.2. The average molecular weight is 251 g/mol. The summed E-state index contributed by atoms with van der Waals surface area (Å²) in [5, 5.41) is 9.46. The Kier molecular flexibility index (Phi) is 4.09. The maximum atomic E-state index is 9.46. The van der Waals surface area contributed by atoms with Crippen LogP contribution in [0.3, 0.4) is 0 Å². The molecule has 0 amide bonds. The molecular formula is C14H21NO3. The summed E-state index contributed by atoms with van der Waals surface area (Å²) >= 11 is 0. The summed E-state index contributed by atoms with van der Waals surface area (Å²) in [6, 6.07) is 6.01. The largest absolute Gasteiger partial charge is 0.493 e. The Morgan fingerprint density at radius 3 is 2.56 bits per heavy atom. The number of ether oxygens (including phenoxy) is 2. The Morgan fingerprint density at radius 2 is 1.94 bits per heavy atom. The maximum absolute atomic E-state index is 9.46. The summed E-state index contributed by atoms with van der Waals surface area (Å²) < 4.78 is 10.6. The predicted molar refractivity (Wildman–Crippen MR) is 70.4 cm³/mol. The van der Waals surface area contributed by atoms with Crippen LogP contribution in [0.1, 0.15) is 11.5 Å². The van der Waals surface area contributed by atoms with Gasteiger partial charge in [-0.3, -0.25) is 0 Å². The van der Waals surface area contributed by atoms with Crippen LogP contribution < -0.4 is 9.47 Å². The molecule has 1 heterocycles. The molecule has 0 saturated carbocycles. The van der Waals surface area contributed by atoms with Crippen molar-refractivity contribution in [1.82, 2.24) is 4.90 Å². The number of benzene rings is 1. The molecule has 4 nitrogen and oxygen atoms in total. The molecule has 2 rings (SSSR count). The van der Waals surface area contributed by atoms with E-state index in [1.807, 2.05) is 12.1 Å². The van der Waals surface area contributed by atoms with Crippen LogP contribution in [0.4, 0.5) is 0 Å². The first kappa shape index (κ1) is 13.2. The van der Waals surface area contributed by atoms with Gasteiger partial charge >= 0.3 is 0 Å². The molecule has 2 atom stereocenters. The Labute approximate surface area is 108 Å². The predicted octanol–water partition coefficient (Wildman–Crippen LogP) is 1.34. The molecule has 0 radical (unpaired) electrons. The monoisotopic (exact) mass is 251 g/mol. The van der Waals surface area contributed by atoms with Crippen LogP contribution in [0.25, 0.3) is 0 Å². The van der Waals surface area contributed by atoms with Crippen molar-refractivity contribution >= 4 is 0 Å². The molecule has 18 heavy (non-hydrogen) atoms. The Morgan fingerprint density at radius 1 is 1.22 bits per heavy atom. The Hall–Kier alpha value is -1.26. The quantitative estimate of drug-likeness (QED) is 0.877. The fourth-order valence-electron chi connectivity index (χ4n) is 2.73. The minimum absolute atomic E-state index is 0.226. The topological polar surface area (TPSA) is 41.9 Å². The van der Waals surface area contributed by atoms with E-state index in [1.54, 1.807) is 14.2 Å². The van der Waals surface area contributed by atoms with E-state index in [4.69, 9.17) is 9.47 Å². The highest BCUT2D eigenvalue weighted by molar-refractivity contribution is 5.44. The highest BCUT2D eigenvalue weighted by Crippen LogP contribution is 2.36. The first-order chi connectivity index (χ1) is 8.69. The van der Waals surface area contributed by atoms with Crippen molar-refractivity contribution < 1.29 is 14.6 Å². The number of nitrogens with zero attached hydrogens (tertiary/aromatic N) is 1. The first-order valence-corrected chi connectivity index (χ1v) is 6.21. The number of rotatable bonds is 4. The van der Waals surface area contributed by atoms with Gasteiger partial charge in [-0.15, -0.1) is 0 Å². The second-order valence-electron chi connectivity index (χ2n) is 4.88. The molecular weight excluding hydrogens is 230 g/mol. The van der Waals surface area contributed by atoms with Crippen molar-refractivity contribution in [3.05, 3.63) is 23.8 Å². The summed E-state index contributed by atoms with van der Waals surface area (Å²) in [6.07, 6.45) is 0. The van der Waals surface area contributed by atoms with Crippen molar-refractivity contribution in [2.75, 3.05) is 41.0 Å². The van der Waals surface area contributed by atoms with Crippen molar-refractivity contribution in [2.24, 2.45) is 5.92 Å². The molecule has 1 aromatic rings. The van der Waals surface area contributed by atoms with Gasteiger partial charge < -0.3 is 19.5 Å². The van der Waals surface area contributed by atoms with Crippen LogP contribution in [0.2, 0.25) is 0 Å². The second kappa shape index (κ2) is 5.59. The minimum atomic E-state index is 0.226. The standard InChI is InChI=1S/C14H21NO3/c1-15-7-11(9-16)12(8-15)10-4-5-13(17-2)14(6-10)18-3/h4-6,11-12,16H,7-9H2,1-3H3. The van der Waals surface area contributed by atoms with Crippen molar-refractivity contribution in [2.45, 2.75) is 5.92 Å². The Bertz CT molecular complexity index is 408. The van der Waals surface area contributed by atoms with Gasteiger partial charge in [-0.25, -0.2) is 0 Å². The molecule has 0 bridgehead atoms. The number of aliphatic hydroxyl groups is 1. The minimum Gasteiger partial charge on any atom is -0.493 e. The average Bonchev–Trinajstić information content (AvgIpc) is 2.79. The second-order valence-corrected chi connectivity index (χ2v) is 4.88. The van der Waals surface area contributed by atoms with E-state index in [0.717, 1.165) is 24.6 Å². The van der Waals surface area contributed by atoms with E-state index in [-0.39, 0.29) is 6.61 Å². The van der Waals surface area contributed by atoms with Crippen molar-refractivity contribution in [3.8, 4) is 11.5 Å².